The van der Waals surface area contributed by atoms with E-state index in [1.54, 1.807) is 0 Å². The molecule has 2 aromatic carbocycles. The average molecular weight is 569 g/mol. The molecule has 0 amide bonds. The molecule has 1 N–H and O–H groups in total. The Balaban J connectivity index is 1.28. The highest BCUT2D eigenvalue weighted by Crippen LogP contribution is 2.48. The van der Waals surface area contributed by atoms with Gasteiger partial charge in [-0.25, -0.2) is 4.98 Å². The molecule has 1 unspecified atom stereocenters. The van der Waals surface area contributed by atoms with Crippen molar-refractivity contribution in [1.82, 2.24) is 24.7 Å². The molecule has 3 aromatic rings. The average Bonchev–Trinajstić information content (AvgIpc) is 3.43. The molecule has 6 heterocycles. The van der Waals surface area contributed by atoms with E-state index >= 15 is 0 Å². The van der Waals surface area contributed by atoms with Crippen LogP contribution in [0.3, 0.4) is 0 Å². The molecule has 224 valence electrons. The van der Waals surface area contributed by atoms with Crippen molar-refractivity contribution in [2.75, 3.05) is 37.6 Å². The maximum absolute atomic E-state index is 14.2. The lowest BCUT2D eigenvalue weighted by atomic mass is 9.75. The van der Waals surface area contributed by atoms with Gasteiger partial charge < -0.3 is 10.2 Å². The highest BCUT2D eigenvalue weighted by molar-refractivity contribution is 5.82. The quantitative estimate of drug-likeness (QED) is 0.433. The number of nitrogens with zero attached hydrogens (tertiary/aromatic N) is 5. The first kappa shape index (κ1) is 28.1. The van der Waals surface area contributed by atoms with Crippen LogP contribution >= 0.6 is 0 Å². The van der Waals surface area contributed by atoms with Crippen molar-refractivity contribution in [2.45, 2.75) is 96.1 Å². The number of aromatic nitrogens is 2. The van der Waals surface area contributed by atoms with Crippen LogP contribution in [-0.2, 0) is 6.54 Å². The van der Waals surface area contributed by atoms with Crippen molar-refractivity contribution in [3.8, 4) is 0 Å². The molecule has 0 radical (unpaired) electrons. The molecular weight excluding hydrogens is 520 g/mol. The molecule has 7 heteroatoms. The Morgan fingerprint density at radius 1 is 0.952 bits per heavy atom. The van der Waals surface area contributed by atoms with Crippen molar-refractivity contribution in [3.63, 3.8) is 0 Å². The Morgan fingerprint density at radius 3 is 2.38 bits per heavy atom. The zero-order valence-electron chi connectivity index (χ0n) is 25.9. The highest BCUT2D eigenvalue weighted by Gasteiger charge is 2.53. The predicted octanol–water partition coefficient (Wildman–Crippen LogP) is 5.01. The van der Waals surface area contributed by atoms with Crippen molar-refractivity contribution < 1.29 is 0 Å². The molecule has 8 rings (SSSR count). The Hall–Kier alpha value is -2.74. The Kier molecular flexibility index (Phi) is 7.61. The minimum absolute atomic E-state index is 0.112. The normalized spacial score (nSPS) is 31.9. The SMILES string of the molecule is CCCC(c1nc2ccc(N3C[C@H](c4ccccc4)[C@@H]4[C@H]3C3CCN4CC3)cc2c(=O)n1CC)N1C[C@@H](C)N[C@@H](C)C1. The van der Waals surface area contributed by atoms with E-state index in [0.717, 1.165) is 55.1 Å². The number of piperidine rings is 3. The van der Waals surface area contributed by atoms with Crippen LogP contribution in [0.1, 0.15) is 76.7 Å². The fourth-order valence-corrected chi connectivity index (χ4v) is 9.04. The zero-order chi connectivity index (χ0) is 29.0. The van der Waals surface area contributed by atoms with Crippen LogP contribution in [0.5, 0.6) is 0 Å². The van der Waals surface area contributed by atoms with E-state index in [4.69, 9.17) is 4.98 Å². The number of anilines is 1. The summed E-state index contributed by atoms with van der Waals surface area (Å²) in [6.45, 7) is 14.9. The zero-order valence-corrected chi connectivity index (χ0v) is 25.9. The summed E-state index contributed by atoms with van der Waals surface area (Å²) in [5, 5.41) is 4.43. The second kappa shape index (κ2) is 11.4. The van der Waals surface area contributed by atoms with Crippen LogP contribution < -0.4 is 15.8 Å². The summed E-state index contributed by atoms with van der Waals surface area (Å²) in [6.07, 6.45) is 4.63. The summed E-state index contributed by atoms with van der Waals surface area (Å²) >= 11 is 0. The summed E-state index contributed by atoms with van der Waals surface area (Å²) in [4.78, 5) is 27.5. The van der Waals surface area contributed by atoms with Gasteiger partial charge in [-0.3, -0.25) is 19.2 Å². The highest BCUT2D eigenvalue weighted by atomic mass is 16.1. The van der Waals surface area contributed by atoms with Crippen molar-refractivity contribution in [3.05, 3.63) is 70.3 Å². The van der Waals surface area contributed by atoms with Crippen LogP contribution in [-0.4, -0.2) is 76.2 Å². The van der Waals surface area contributed by atoms with E-state index in [1.807, 2.05) is 4.57 Å². The molecule has 5 fully saturated rings. The molecule has 42 heavy (non-hydrogen) atoms. The molecule has 7 nitrogen and oxygen atoms in total. The van der Waals surface area contributed by atoms with Gasteiger partial charge in [0.2, 0.25) is 0 Å². The largest absolute Gasteiger partial charge is 0.366 e. The minimum Gasteiger partial charge on any atom is -0.366 e. The number of rotatable bonds is 7. The third kappa shape index (κ3) is 4.78. The maximum atomic E-state index is 14.2. The molecule has 0 spiro atoms. The van der Waals surface area contributed by atoms with Gasteiger partial charge in [-0.05, 0) is 82.8 Å². The van der Waals surface area contributed by atoms with Crippen LogP contribution in [0, 0.1) is 5.92 Å². The maximum Gasteiger partial charge on any atom is 0.261 e. The summed E-state index contributed by atoms with van der Waals surface area (Å²) < 4.78 is 1.97. The fraction of sp³-hybridized carbons (Fsp3) is 0.600. The van der Waals surface area contributed by atoms with Crippen LogP contribution in [0.2, 0.25) is 0 Å². The van der Waals surface area contributed by atoms with Crippen LogP contribution in [0.25, 0.3) is 10.9 Å². The van der Waals surface area contributed by atoms with E-state index in [1.165, 1.54) is 37.2 Å². The second-order valence-corrected chi connectivity index (χ2v) is 13.5. The molecular formula is C35H48N6O. The number of benzene rings is 2. The first-order chi connectivity index (χ1) is 20.5. The lowest BCUT2D eigenvalue weighted by Crippen LogP contribution is -2.60. The van der Waals surface area contributed by atoms with Gasteiger partial charge in [0.1, 0.15) is 5.82 Å². The predicted molar refractivity (Wildman–Crippen MR) is 171 cm³/mol. The van der Waals surface area contributed by atoms with Crippen LogP contribution in [0.15, 0.2) is 53.3 Å². The first-order valence-corrected chi connectivity index (χ1v) is 16.6. The van der Waals surface area contributed by atoms with E-state index < -0.39 is 0 Å². The van der Waals surface area contributed by atoms with Gasteiger partial charge in [0.15, 0.2) is 0 Å². The van der Waals surface area contributed by atoms with Gasteiger partial charge in [0.05, 0.1) is 16.9 Å². The second-order valence-electron chi connectivity index (χ2n) is 13.5. The van der Waals surface area contributed by atoms with Crippen LogP contribution in [0.4, 0.5) is 5.69 Å². The van der Waals surface area contributed by atoms with E-state index in [2.05, 4.69) is 96.2 Å². The van der Waals surface area contributed by atoms with E-state index in [-0.39, 0.29) is 11.6 Å². The van der Waals surface area contributed by atoms with Crippen molar-refractivity contribution in [2.24, 2.45) is 5.92 Å². The van der Waals surface area contributed by atoms with Gasteiger partial charge >= 0.3 is 0 Å². The van der Waals surface area contributed by atoms with E-state index in [9.17, 15) is 4.79 Å². The Morgan fingerprint density at radius 2 is 1.69 bits per heavy atom. The molecule has 5 aliphatic heterocycles. The number of hydrogen-bond acceptors (Lipinski definition) is 6. The minimum atomic E-state index is 0.112. The third-order valence-electron chi connectivity index (χ3n) is 10.7. The van der Waals surface area contributed by atoms with Gasteiger partial charge in [-0.2, -0.15) is 0 Å². The number of nitrogens with one attached hydrogen (secondary N) is 1. The molecule has 5 saturated heterocycles. The molecule has 0 saturated carbocycles. The molecule has 2 bridgehead atoms. The monoisotopic (exact) mass is 568 g/mol. The first-order valence-electron chi connectivity index (χ1n) is 16.6. The molecule has 5 aliphatic rings. The summed E-state index contributed by atoms with van der Waals surface area (Å²) in [7, 11) is 0. The number of fused-ring (bicyclic) bond motifs is 3. The number of hydrogen-bond donors (Lipinski definition) is 1. The summed E-state index contributed by atoms with van der Waals surface area (Å²) in [6, 6.07) is 19.7. The Labute approximate surface area is 250 Å². The molecule has 0 aliphatic carbocycles. The Bertz CT molecular complexity index is 1450. The standard InChI is InChI=1S/C35H48N6O/c1-5-10-31(39-20-23(3)36-24(4)21-39)34-37-30-14-13-27(19-28(30)35(42)40(34)6-2)41-22-29(25-11-8-7-9-12-25)33-32(41)26-15-17-38(33)18-16-26/h7-9,11-14,19,23-24,26,29,31-33,36H,5-6,10,15-18,20-22H2,1-4H3/t23-,24+,29-,31?,32-,33-/m1/s1. The summed E-state index contributed by atoms with van der Waals surface area (Å²) in [5.74, 6) is 2.14. The van der Waals surface area contributed by atoms with Gasteiger partial charge in [-0.1, -0.05) is 43.7 Å². The van der Waals surface area contributed by atoms with Crippen molar-refractivity contribution in [1.29, 1.82) is 0 Å². The molecule has 6 atom stereocenters. The van der Waals surface area contributed by atoms with Gasteiger partial charge in [0, 0.05) is 62.0 Å². The molecule has 1 aromatic heterocycles. The lowest BCUT2D eigenvalue weighted by molar-refractivity contribution is 0.0356. The van der Waals surface area contributed by atoms with Gasteiger partial charge in [0.25, 0.3) is 5.56 Å². The summed E-state index contributed by atoms with van der Waals surface area (Å²) in [5.41, 5.74) is 3.58. The lowest BCUT2D eigenvalue weighted by Gasteiger charge is -2.51. The topological polar surface area (TPSA) is 56.6 Å². The van der Waals surface area contributed by atoms with E-state index in [0.29, 0.717) is 36.6 Å². The number of piperazine rings is 1. The smallest absolute Gasteiger partial charge is 0.261 e. The third-order valence-corrected chi connectivity index (χ3v) is 10.7. The van der Waals surface area contributed by atoms with Crippen molar-refractivity contribution >= 4 is 16.6 Å². The fourth-order valence-electron chi connectivity index (χ4n) is 9.04. The van der Waals surface area contributed by atoms with Gasteiger partial charge in [-0.15, -0.1) is 0 Å².